The maximum atomic E-state index is 11.7. The van der Waals surface area contributed by atoms with Crippen molar-refractivity contribution in [2.75, 3.05) is 0 Å². The maximum absolute atomic E-state index is 11.7. The molecule has 2 aromatic rings. The molecule has 1 aliphatic rings. The van der Waals surface area contributed by atoms with Crippen LogP contribution in [0.15, 0.2) is 59.7 Å². The van der Waals surface area contributed by atoms with Crippen molar-refractivity contribution >= 4 is 5.97 Å². The van der Waals surface area contributed by atoms with Gasteiger partial charge in [-0.15, -0.1) is 0 Å². The van der Waals surface area contributed by atoms with Crippen molar-refractivity contribution in [3.8, 4) is 11.5 Å². The average molecular weight is 338 g/mol. The Kier molecular flexibility index (Phi) is 5.08. The molecule has 0 unspecified atom stereocenters. The zero-order valence-electron chi connectivity index (χ0n) is 14.0. The van der Waals surface area contributed by atoms with Crippen LogP contribution in [0.25, 0.3) is 0 Å². The van der Waals surface area contributed by atoms with Crippen LogP contribution in [-0.2, 0) is 11.2 Å². The molecular formula is C21H22O4. The molecule has 0 bridgehead atoms. The Hall–Kier alpha value is -2.75. The summed E-state index contributed by atoms with van der Waals surface area (Å²) < 4.78 is 0. The quantitative estimate of drug-likeness (QED) is 0.723. The van der Waals surface area contributed by atoms with E-state index in [9.17, 15) is 20.1 Å². The van der Waals surface area contributed by atoms with Crippen LogP contribution in [-0.4, -0.2) is 21.3 Å². The van der Waals surface area contributed by atoms with Gasteiger partial charge in [-0.25, -0.2) is 4.79 Å². The van der Waals surface area contributed by atoms with Crippen molar-refractivity contribution in [3.05, 3.63) is 70.8 Å². The van der Waals surface area contributed by atoms with Gasteiger partial charge >= 0.3 is 5.97 Å². The number of benzene rings is 2. The second kappa shape index (κ2) is 7.43. The van der Waals surface area contributed by atoms with Crippen LogP contribution in [0.5, 0.6) is 11.5 Å². The molecule has 0 aromatic heterocycles. The van der Waals surface area contributed by atoms with Crippen molar-refractivity contribution in [2.24, 2.45) is 0 Å². The third-order valence-corrected chi connectivity index (χ3v) is 4.95. The van der Waals surface area contributed by atoms with Crippen molar-refractivity contribution in [3.63, 3.8) is 0 Å². The van der Waals surface area contributed by atoms with E-state index in [0.29, 0.717) is 12.0 Å². The third-order valence-electron chi connectivity index (χ3n) is 4.95. The first-order valence-electron chi connectivity index (χ1n) is 8.54. The minimum absolute atomic E-state index is 0.0497. The molecule has 1 fully saturated rings. The summed E-state index contributed by atoms with van der Waals surface area (Å²) in [6.07, 6.45) is 3.50. The van der Waals surface area contributed by atoms with E-state index < -0.39 is 5.97 Å². The molecule has 0 atom stereocenters. The normalized spacial score (nSPS) is 17.3. The van der Waals surface area contributed by atoms with Gasteiger partial charge in [0.25, 0.3) is 0 Å². The molecule has 130 valence electrons. The van der Waals surface area contributed by atoms with Crippen LogP contribution in [0.4, 0.5) is 0 Å². The van der Waals surface area contributed by atoms with Gasteiger partial charge in [0, 0.05) is 18.1 Å². The predicted molar refractivity (Wildman–Crippen MR) is 95.8 cm³/mol. The minimum atomic E-state index is -0.843. The first-order valence-corrected chi connectivity index (χ1v) is 8.54. The van der Waals surface area contributed by atoms with Gasteiger partial charge in [0.15, 0.2) is 0 Å². The van der Waals surface area contributed by atoms with Gasteiger partial charge < -0.3 is 15.3 Å². The molecule has 0 amide bonds. The standard InChI is InChI=1S/C21H22O4/c22-17-10-11-18(20(23)13-17)15-6-8-16(9-7-15)19(21(24)25)12-14-4-2-1-3-5-14/h1-5,10-11,13,15,22-23H,6-9,12H2,(H,24,25). The Morgan fingerprint density at radius 3 is 2.28 bits per heavy atom. The zero-order chi connectivity index (χ0) is 17.8. The lowest BCUT2D eigenvalue weighted by molar-refractivity contribution is -0.132. The highest BCUT2D eigenvalue weighted by atomic mass is 16.4. The summed E-state index contributed by atoms with van der Waals surface area (Å²) in [5.74, 6) is -0.491. The number of aromatic hydroxyl groups is 2. The number of aliphatic carboxylic acids is 1. The molecule has 0 spiro atoms. The van der Waals surface area contributed by atoms with E-state index in [2.05, 4.69) is 0 Å². The highest BCUT2D eigenvalue weighted by Gasteiger charge is 2.24. The monoisotopic (exact) mass is 338 g/mol. The van der Waals surface area contributed by atoms with E-state index >= 15 is 0 Å². The van der Waals surface area contributed by atoms with E-state index in [1.54, 1.807) is 12.1 Å². The number of phenolic OH excluding ortho intramolecular Hbond substituents is 2. The lowest BCUT2D eigenvalue weighted by Gasteiger charge is -2.26. The summed E-state index contributed by atoms with van der Waals surface area (Å²) in [4.78, 5) is 11.7. The van der Waals surface area contributed by atoms with E-state index in [1.165, 1.54) is 6.07 Å². The Balaban J connectivity index is 1.76. The average Bonchev–Trinajstić information content (AvgIpc) is 2.61. The number of rotatable bonds is 4. The van der Waals surface area contributed by atoms with Crippen molar-refractivity contribution < 1.29 is 20.1 Å². The van der Waals surface area contributed by atoms with Crippen molar-refractivity contribution in [1.29, 1.82) is 0 Å². The lowest BCUT2D eigenvalue weighted by Crippen LogP contribution is -2.13. The largest absolute Gasteiger partial charge is 0.508 e. The lowest BCUT2D eigenvalue weighted by atomic mass is 9.79. The van der Waals surface area contributed by atoms with Gasteiger partial charge in [-0.05, 0) is 48.8 Å². The summed E-state index contributed by atoms with van der Waals surface area (Å²) in [5.41, 5.74) is 3.34. The summed E-state index contributed by atoms with van der Waals surface area (Å²) in [6, 6.07) is 14.4. The number of phenols is 2. The van der Waals surface area contributed by atoms with Crippen LogP contribution in [0, 0.1) is 0 Å². The SMILES string of the molecule is O=C(O)C(Cc1ccccc1)=C1CCC(c2ccc(O)cc2O)CC1. The van der Waals surface area contributed by atoms with E-state index in [0.717, 1.165) is 42.4 Å². The molecule has 1 aliphatic carbocycles. The van der Waals surface area contributed by atoms with Crippen LogP contribution < -0.4 is 0 Å². The molecule has 1 saturated carbocycles. The van der Waals surface area contributed by atoms with Gasteiger partial charge in [-0.2, -0.15) is 0 Å². The highest BCUT2D eigenvalue weighted by molar-refractivity contribution is 5.88. The van der Waals surface area contributed by atoms with Crippen LogP contribution in [0.1, 0.15) is 42.7 Å². The molecule has 25 heavy (non-hydrogen) atoms. The summed E-state index contributed by atoms with van der Waals surface area (Å²) in [5, 5.41) is 29.1. The molecule has 0 aliphatic heterocycles. The van der Waals surface area contributed by atoms with E-state index in [1.807, 2.05) is 30.3 Å². The van der Waals surface area contributed by atoms with Gasteiger partial charge in [-0.3, -0.25) is 0 Å². The van der Waals surface area contributed by atoms with Gasteiger partial charge in [0.2, 0.25) is 0 Å². The number of hydrogen-bond donors (Lipinski definition) is 3. The van der Waals surface area contributed by atoms with Crippen molar-refractivity contribution in [1.82, 2.24) is 0 Å². The zero-order valence-corrected chi connectivity index (χ0v) is 14.0. The fourth-order valence-corrected chi connectivity index (χ4v) is 3.61. The summed E-state index contributed by atoms with van der Waals surface area (Å²) >= 11 is 0. The fraction of sp³-hybridized carbons (Fsp3) is 0.286. The Morgan fingerprint density at radius 2 is 1.68 bits per heavy atom. The molecule has 3 N–H and O–H groups in total. The third kappa shape index (κ3) is 4.02. The predicted octanol–water partition coefficient (Wildman–Crippen LogP) is 4.38. The highest BCUT2D eigenvalue weighted by Crippen LogP contribution is 2.41. The number of hydrogen-bond acceptors (Lipinski definition) is 3. The molecule has 4 heteroatoms. The number of carbonyl (C=O) groups is 1. The summed E-state index contributed by atoms with van der Waals surface area (Å²) in [7, 11) is 0. The smallest absolute Gasteiger partial charge is 0.331 e. The molecule has 0 saturated heterocycles. The molecular weight excluding hydrogens is 316 g/mol. The number of carboxylic acids is 1. The molecule has 0 radical (unpaired) electrons. The Labute approximate surface area is 147 Å². The Morgan fingerprint density at radius 1 is 1.00 bits per heavy atom. The van der Waals surface area contributed by atoms with E-state index in [4.69, 9.17) is 0 Å². The minimum Gasteiger partial charge on any atom is -0.508 e. The molecule has 3 rings (SSSR count). The van der Waals surface area contributed by atoms with E-state index in [-0.39, 0.29) is 17.4 Å². The molecule has 0 heterocycles. The first-order chi connectivity index (χ1) is 12.0. The van der Waals surface area contributed by atoms with Crippen molar-refractivity contribution in [2.45, 2.75) is 38.0 Å². The second-order valence-corrected chi connectivity index (χ2v) is 6.57. The fourth-order valence-electron chi connectivity index (χ4n) is 3.61. The second-order valence-electron chi connectivity index (χ2n) is 6.57. The topological polar surface area (TPSA) is 77.8 Å². The molecule has 4 nitrogen and oxygen atoms in total. The number of allylic oxidation sites excluding steroid dienone is 1. The van der Waals surface area contributed by atoms with Crippen LogP contribution in [0.3, 0.4) is 0 Å². The summed E-state index contributed by atoms with van der Waals surface area (Å²) in [6.45, 7) is 0. The van der Waals surface area contributed by atoms with Gasteiger partial charge in [0.05, 0.1) is 0 Å². The van der Waals surface area contributed by atoms with Crippen LogP contribution in [0.2, 0.25) is 0 Å². The number of carboxylic acid groups (broad SMARTS) is 1. The maximum Gasteiger partial charge on any atom is 0.331 e. The van der Waals surface area contributed by atoms with Gasteiger partial charge in [-0.1, -0.05) is 42.0 Å². The van der Waals surface area contributed by atoms with Crippen LogP contribution >= 0.6 is 0 Å². The Bertz CT molecular complexity index is 783. The molecule has 2 aromatic carbocycles. The first kappa shape index (κ1) is 17.1. The van der Waals surface area contributed by atoms with Gasteiger partial charge in [0.1, 0.15) is 11.5 Å².